The van der Waals surface area contributed by atoms with E-state index in [2.05, 4.69) is 15.8 Å². The van der Waals surface area contributed by atoms with Crippen LogP contribution in [0, 0.1) is 6.92 Å². The van der Waals surface area contributed by atoms with Crippen molar-refractivity contribution in [3.63, 3.8) is 0 Å². The van der Waals surface area contributed by atoms with Gasteiger partial charge in [-0.2, -0.15) is 5.10 Å². The minimum Gasteiger partial charge on any atom is -0.508 e. The number of phenolic OH excluding ortho intramolecular Hbond substituents is 1. The minimum atomic E-state index is 0.252. The lowest BCUT2D eigenvalue weighted by molar-refractivity contribution is 0.471. The molecule has 0 amide bonds. The Bertz CT molecular complexity index is 778. The van der Waals surface area contributed by atoms with Crippen molar-refractivity contribution in [3.8, 4) is 5.75 Å². The number of hydrogen-bond donors (Lipinski definition) is 3. The Balaban J connectivity index is 2.05. The summed E-state index contributed by atoms with van der Waals surface area (Å²) in [4.78, 5) is 0. The van der Waals surface area contributed by atoms with Crippen molar-refractivity contribution >= 4 is 51.9 Å². The molecule has 0 heterocycles. The minimum absolute atomic E-state index is 0.252. The second-order valence-electron chi connectivity index (χ2n) is 4.89. The van der Waals surface area contributed by atoms with E-state index in [0.717, 1.165) is 16.8 Å². The summed E-state index contributed by atoms with van der Waals surface area (Å²) in [5.74, 6) is 0.252. The molecule has 0 unspecified atom stereocenters. The summed E-state index contributed by atoms with van der Waals surface area (Å²) < 4.78 is 0. The number of benzene rings is 2. The van der Waals surface area contributed by atoms with Crippen LogP contribution >= 0.6 is 35.4 Å². The average Bonchev–Trinajstić information content (AvgIpc) is 2.51. The highest BCUT2D eigenvalue weighted by Gasteiger charge is 2.05. The number of phenols is 1. The fourth-order valence-corrected chi connectivity index (χ4v) is 2.32. The normalized spacial score (nSPS) is 11.2. The van der Waals surface area contributed by atoms with Gasteiger partial charge in [0.25, 0.3) is 0 Å². The number of aryl methyl sites for hydroxylation is 1. The standard InChI is InChI=1S/C16H15Cl2N3OS/c1-9-7-11(3-6-15(9)22)10(2)20-21-16(23)19-14-8-12(17)4-5-13(14)18/h3-8,22H,1-2H3,(H2,19,21,23)/b20-10+. The number of aromatic hydroxyl groups is 1. The molecule has 120 valence electrons. The first-order chi connectivity index (χ1) is 10.9. The van der Waals surface area contributed by atoms with Gasteiger partial charge in [-0.15, -0.1) is 0 Å². The van der Waals surface area contributed by atoms with Crippen molar-refractivity contribution in [2.24, 2.45) is 5.10 Å². The first kappa shape index (κ1) is 17.5. The van der Waals surface area contributed by atoms with Crippen LogP contribution in [0.1, 0.15) is 18.1 Å². The lowest BCUT2D eigenvalue weighted by Crippen LogP contribution is -2.25. The molecule has 0 fully saturated rings. The van der Waals surface area contributed by atoms with Crippen LogP contribution in [0.15, 0.2) is 41.5 Å². The topological polar surface area (TPSA) is 56.7 Å². The van der Waals surface area contributed by atoms with E-state index in [1.54, 1.807) is 30.3 Å². The number of halogens is 2. The summed E-state index contributed by atoms with van der Waals surface area (Å²) in [5, 5.41) is 18.1. The highest BCUT2D eigenvalue weighted by Crippen LogP contribution is 2.25. The second kappa shape index (κ2) is 7.64. The average molecular weight is 368 g/mol. The Morgan fingerprint density at radius 2 is 1.91 bits per heavy atom. The SMILES string of the molecule is C/C(=N\NC(=S)Nc1cc(Cl)ccc1Cl)c1ccc(O)c(C)c1. The number of hydrazone groups is 1. The third-order valence-corrected chi connectivity index (χ3v) is 3.87. The number of rotatable bonds is 3. The predicted molar refractivity (Wildman–Crippen MR) is 101 cm³/mol. The molecule has 0 aliphatic rings. The number of nitrogens with one attached hydrogen (secondary N) is 2. The van der Waals surface area contributed by atoms with Crippen LogP contribution in [-0.4, -0.2) is 15.9 Å². The smallest absolute Gasteiger partial charge is 0.191 e. The van der Waals surface area contributed by atoms with Crippen molar-refractivity contribution in [1.29, 1.82) is 0 Å². The molecule has 0 aliphatic carbocycles. The van der Waals surface area contributed by atoms with Gasteiger partial charge in [-0.05, 0) is 73.6 Å². The molecule has 4 nitrogen and oxygen atoms in total. The van der Waals surface area contributed by atoms with E-state index in [-0.39, 0.29) is 5.75 Å². The molecule has 23 heavy (non-hydrogen) atoms. The monoisotopic (exact) mass is 367 g/mol. The summed E-state index contributed by atoms with van der Waals surface area (Å²) in [7, 11) is 0. The largest absolute Gasteiger partial charge is 0.508 e. The molecule has 0 aliphatic heterocycles. The molecule has 3 N–H and O–H groups in total. The summed E-state index contributed by atoms with van der Waals surface area (Å²) in [6.07, 6.45) is 0. The maximum atomic E-state index is 9.55. The molecule has 0 saturated heterocycles. The predicted octanol–water partition coefficient (Wildman–Crippen LogP) is 4.72. The molecule has 0 bridgehead atoms. The Morgan fingerprint density at radius 1 is 1.17 bits per heavy atom. The maximum Gasteiger partial charge on any atom is 0.191 e. The van der Waals surface area contributed by atoms with E-state index in [4.69, 9.17) is 35.4 Å². The second-order valence-corrected chi connectivity index (χ2v) is 6.14. The van der Waals surface area contributed by atoms with Crippen molar-refractivity contribution in [3.05, 3.63) is 57.6 Å². The Morgan fingerprint density at radius 3 is 2.61 bits per heavy atom. The zero-order valence-corrected chi connectivity index (χ0v) is 14.9. The maximum absolute atomic E-state index is 9.55. The molecule has 2 aromatic rings. The van der Waals surface area contributed by atoms with Crippen molar-refractivity contribution < 1.29 is 5.11 Å². The van der Waals surface area contributed by atoms with Crippen LogP contribution < -0.4 is 10.7 Å². The molecule has 0 atom stereocenters. The molecular formula is C16H15Cl2N3OS. The van der Waals surface area contributed by atoms with Gasteiger partial charge >= 0.3 is 0 Å². The molecule has 7 heteroatoms. The summed E-state index contributed by atoms with van der Waals surface area (Å²) in [6, 6.07) is 10.3. The molecule has 0 radical (unpaired) electrons. The van der Waals surface area contributed by atoms with Crippen LogP contribution in [-0.2, 0) is 0 Å². The summed E-state index contributed by atoms with van der Waals surface area (Å²) >= 11 is 17.2. The van der Waals surface area contributed by atoms with Crippen LogP contribution in [0.25, 0.3) is 0 Å². The van der Waals surface area contributed by atoms with Crippen molar-refractivity contribution in [1.82, 2.24) is 5.43 Å². The fraction of sp³-hybridized carbons (Fsp3) is 0.125. The van der Waals surface area contributed by atoms with Crippen LogP contribution in [0.4, 0.5) is 5.69 Å². The number of anilines is 1. The van der Waals surface area contributed by atoms with Gasteiger partial charge in [0, 0.05) is 5.02 Å². The lowest BCUT2D eigenvalue weighted by Gasteiger charge is -2.10. The first-order valence-electron chi connectivity index (χ1n) is 6.73. The number of thiocarbonyl (C=S) groups is 1. The van der Waals surface area contributed by atoms with Gasteiger partial charge in [0.1, 0.15) is 5.75 Å². The van der Waals surface area contributed by atoms with Crippen molar-refractivity contribution in [2.75, 3.05) is 5.32 Å². The molecule has 2 aromatic carbocycles. The van der Waals surface area contributed by atoms with E-state index >= 15 is 0 Å². The number of nitrogens with zero attached hydrogens (tertiary/aromatic N) is 1. The van der Waals surface area contributed by atoms with Crippen LogP contribution in [0.5, 0.6) is 5.75 Å². The Kier molecular flexibility index (Phi) is 5.82. The molecule has 0 spiro atoms. The third-order valence-electron chi connectivity index (χ3n) is 3.12. The first-order valence-corrected chi connectivity index (χ1v) is 7.89. The highest BCUT2D eigenvalue weighted by atomic mass is 35.5. The van der Waals surface area contributed by atoms with Gasteiger partial charge in [0.15, 0.2) is 5.11 Å². The van der Waals surface area contributed by atoms with Gasteiger partial charge in [-0.3, -0.25) is 5.43 Å². The third kappa shape index (κ3) is 4.82. The van der Waals surface area contributed by atoms with Crippen molar-refractivity contribution in [2.45, 2.75) is 13.8 Å². The quantitative estimate of drug-likeness (QED) is 0.417. The van der Waals surface area contributed by atoms with E-state index in [1.807, 2.05) is 19.9 Å². The zero-order chi connectivity index (χ0) is 17.0. The summed E-state index contributed by atoms with van der Waals surface area (Å²) in [5.41, 5.74) is 5.75. The lowest BCUT2D eigenvalue weighted by atomic mass is 10.1. The molecular weight excluding hydrogens is 353 g/mol. The van der Waals surface area contributed by atoms with E-state index in [1.165, 1.54) is 0 Å². The Labute approximate surface area is 150 Å². The molecule has 0 saturated carbocycles. The van der Waals surface area contributed by atoms with Gasteiger partial charge in [0.05, 0.1) is 16.4 Å². The zero-order valence-electron chi connectivity index (χ0n) is 12.5. The highest BCUT2D eigenvalue weighted by molar-refractivity contribution is 7.80. The Hall–Kier alpha value is -1.82. The van der Waals surface area contributed by atoms with E-state index in [0.29, 0.717) is 20.8 Å². The number of hydrogen-bond acceptors (Lipinski definition) is 3. The van der Waals surface area contributed by atoms with Crippen LogP contribution in [0.3, 0.4) is 0 Å². The van der Waals surface area contributed by atoms with E-state index in [9.17, 15) is 5.11 Å². The summed E-state index contributed by atoms with van der Waals surface area (Å²) in [6.45, 7) is 3.67. The van der Waals surface area contributed by atoms with Crippen LogP contribution in [0.2, 0.25) is 10.0 Å². The molecule has 2 rings (SSSR count). The van der Waals surface area contributed by atoms with Gasteiger partial charge in [-0.25, -0.2) is 0 Å². The van der Waals surface area contributed by atoms with E-state index < -0.39 is 0 Å². The van der Waals surface area contributed by atoms with Gasteiger partial charge in [-0.1, -0.05) is 23.2 Å². The fourth-order valence-electron chi connectivity index (χ4n) is 1.82. The van der Waals surface area contributed by atoms with Gasteiger partial charge in [0.2, 0.25) is 0 Å². The van der Waals surface area contributed by atoms with Gasteiger partial charge < -0.3 is 10.4 Å². The molecule has 0 aromatic heterocycles.